The number of methoxy groups -OCH3 is 2. The van der Waals surface area contributed by atoms with Crippen molar-refractivity contribution in [2.45, 2.75) is 33.1 Å². The van der Waals surface area contributed by atoms with Crippen LogP contribution in [0.4, 0.5) is 5.69 Å². The van der Waals surface area contributed by atoms with Crippen molar-refractivity contribution < 1.29 is 23.8 Å². The monoisotopic (exact) mass is 472 g/mol. The number of aliphatic imine (C=N–C) groups is 1. The Bertz CT molecular complexity index is 1440. The van der Waals surface area contributed by atoms with Crippen molar-refractivity contribution in [3.63, 3.8) is 0 Å². The van der Waals surface area contributed by atoms with Gasteiger partial charge in [0.25, 0.3) is 0 Å². The van der Waals surface area contributed by atoms with Crippen molar-refractivity contribution in [2.75, 3.05) is 14.2 Å². The predicted octanol–water partition coefficient (Wildman–Crippen LogP) is 6.35. The van der Waals surface area contributed by atoms with Crippen LogP contribution in [0.25, 0.3) is 22.6 Å². The van der Waals surface area contributed by atoms with Crippen LogP contribution in [0.5, 0.6) is 11.5 Å². The van der Waals surface area contributed by atoms with Crippen molar-refractivity contribution in [1.29, 1.82) is 0 Å². The zero-order valence-electron chi connectivity index (χ0n) is 20.7. The molecule has 0 amide bonds. The van der Waals surface area contributed by atoms with Crippen molar-refractivity contribution in [3.8, 4) is 23.0 Å². The van der Waals surface area contributed by atoms with Crippen LogP contribution in [0.3, 0.4) is 0 Å². The molecule has 180 valence electrons. The molecular formula is C28H28N2O5. The number of aromatic nitrogens is 1. The first-order valence-electron chi connectivity index (χ1n) is 11.2. The Kier molecular flexibility index (Phi) is 6.35. The smallest absolute Gasteiger partial charge is 0.340 e. The minimum absolute atomic E-state index is 0.00346. The van der Waals surface area contributed by atoms with E-state index in [0.717, 1.165) is 16.6 Å². The van der Waals surface area contributed by atoms with E-state index in [-0.39, 0.29) is 22.4 Å². The second kappa shape index (κ2) is 9.25. The number of carbonyl (C=O) groups is 1. The summed E-state index contributed by atoms with van der Waals surface area (Å²) in [6.45, 7) is 8.40. The number of benzene rings is 3. The Labute approximate surface area is 204 Å². The Balaban J connectivity index is 1.74. The van der Waals surface area contributed by atoms with E-state index >= 15 is 0 Å². The molecule has 0 radical (unpaired) electrons. The molecule has 0 aliphatic heterocycles. The van der Waals surface area contributed by atoms with Gasteiger partial charge in [0.15, 0.2) is 5.58 Å². The van der Waals surface area contributed by atoms with E-state index < -0.39 is 5.97 Å². The van der Waals surface area contributed by atoms with Crippen LogP contribution in [-0.2, 0) is 10.2 Å². The molecule has 0 atom stereocenters. The summed E-state index contributed by atoms with van der Waals surface area (Å²) >= 11 is 0. The summed E-state index contributed by atoms with van der Waals surface area (Å²) in [5.41, 5.74) is 5.32. The van der Waals surface area contributed by atoms with E-state index in [1.807, 2.05) is 31.2 Å². The second-order valence-corrected chi connectivity index (χ2v) is 9.28. The van der Waals surface area contributed by atoms with Crippen LogP contribution >= 0.6 is 0 Å². The number of nitrogens with zero attached hydrogens (tertiary/aromatic N) is 2. The number of aromatic hydroxyl groups is 1. The highest BCUT2D eigenvalue weighted by atomic mass is 16.5. The molecule has 1 N–H and O–H groups in total. The van der Waals surface area contributed by atoms with Crippen LogP contribution in [0.15, 0.2) is 57.9 Å². The number of esters is 1. The molecule has 0 fully saturated rings. The summed E-state index contributed by atoms with van der Waals surface area (Å²) < 4.78 is 16.5. The molecule has 7 nitrogen and oxygen atoms in total. The average Bonchev–Trinajstić information content (AvgIpc) is 3.26. The van der Waals surface area contributed by atoms with E-state index in [2.05, 4.69) is 31.8 Å². The van der Waals surface area contributed by atoms with Crippen molar-refractivity contribution in [2.24, 2.45) is 4.99 Å². The summed E-state index contributed by atoms with van der Waals surface area (Å²) in [6, 6.07) is 14.4. The molecule has 0 saturated heterocycles. The van der Waals surface area contributed by atoms with Crippen LogP contribution in [0, 0.1) is 6.92 Å². The quantitative estimate of drug-likeness (QED) is 0.269. The van der Waals surface area contributed by atoms with Gasteiger partial charge in [0, 0.05) is 6.21 Å². The molecule has 7 heteroatoms. The number of hydrogen-bond donors (Lipinski definition) is 1. The van der Waals surface area contributed by atoms with Crippen LogP contribution in [-0.4, -0.2) is 36.5 Å². The maximum atomic E-state index is 12.1. The summed E-state index contributed by atoms with van der Waals surface area (Å²) in [5.74, 6) is 0.322. The van der Waals surface area contributed by atoms with Crippen molar-refractivity contribution in [3.05, 3.63) is 70.8 Å². The number of oxazole rings is 1. The van der Waals surface area contributed by atoms with Crippen molar-refractivity contribution in [1.82, 2.24) is 4.98 Å². The Morgan fingerprint density at radius 3 is 2.57 bits per heavy atom. The molecule has 1 aromatic heterocycles. The number of ether oxygens (including phenoxy) is 2. The van der Waals surface area contributed by atoms with E-state index in [1.165, 1.54) is 18.7 Å². The van der Waals surface area contributed by atoms with E-state index in [1.54, 1.807) is 25.5 Å². The summed E-state index contributed by atoms with van der Waals surface area (Å²) in [7, 11) is 2.86. The van der Waals surface area contributed by atoms with Crippen LogP contribution in [0.1, 0.15) is 47.8 Å². The van der Waals surface area contributed by atoms with Gasteiger partial charge in [-0.05, 0) is 65.4 Å². The van der Waals surface area contributed by atoms with Gasteiger partial charge in [-0.1, -0.05) is 32.9 Å². The van der Waals surface area contributed by atoms with E-state index in [9.17, 15) is 9.90 Å². The zero-order chi connectivity index (χ0) is 25.3. The van der Waals surface area contributed by atoms with Gasteiger partial charge >= 0.3 is 5.97 Å². The van der Waals surface area contributed by atoms with Gasteiger partial charge in [0.1, 0.15) is 22.7 Å². The number of phenols is 1. The molecule has 0 aliphatic rings. The lowest BCUT2D eigenvalue weighted by molar-refractivity contribution is 0.0601. The molecule has 4 aromatic rings. The highest BCUT2D eigenvalue weighted by molar-refractivity contribution is 5.98. The van der Waals surface area contributed by atoms with Gasteiger partial charge in [-0.2, -0.15) is 0 Å². The number of fused-ring (bicyclic) bond motifs is 1. The van der Waals surface area contributed by atoms with Crippen LogP contribution in [0.2, 0.25) is 0 Å². The average molecular weight is 473 g/mol. The minimum Gasteiger partial charge on any atom is -0.506 e. The SMILES string of the molecule is COC(=O)c1cccc(O)c1N=Cc1cc(OC)c(-c2nc3cc(C(C)(C)C)ccc3o2)cc1C. The largest absolute Gasteiger partial charge is 0.506 e. The third-order valence-corrected chi connectivity index (χ3v) is 5.82. The summed E-state index contributed by atoms with van der Waals surface area (Å²) in [4.78, 5) is 21.2. The lowest BCUT2D eigenvalue weighted by atomic mass is 9.87. The fourth-order valence-electron chi connectivity index (χ4n) is 3.76. The maximum absolute atomic E-state index is 12.1. The molecule has 3 aromatic carbocycles. The number of rotatable bonds is 5. The lowest BCUT2D eigenvalue weighted by Gasteiger charge is -2.18. The van der Waals surface area contributed by atoms with Gasteiger partial charge < -0.3 is 19.0 Å². The number of para-hydroxylation sites is 1. The molecule has 0 bridgehead atoms. The molecule has 1 heterocycles. The van der Waals surface area contributed by atoms with Gasteiger partial charge in [0.05, 0.1) is 25.3 Å². The summed E-state index contributed by atoms with van der Waals surface area (Å²) in [6.07, 6.45) is 1.57. The highest BCUT2D eigenvalue weighted by Gasteiger charge is 2.19. The second-order valence-electron chi connectivity index (χ2n) is 9.28. The van der Waals surface area contributed by atoms with E-state index in [4.69, 9.17) is 18.9 Å². The normalized spacial score (nSPS) is 11.8. The standard InChI is InChI=1S/C28H28N2O5/c1-16-12-20(26-30-21-14-18(28(2,3)4)10-11-23(21)35-26)24(33-5)13-17(16)15-29-25-19(27(32)34-6)8-7-9-22(25)31/h7-15,31H,1-6H3. The topological polar surface area (TPSA) is 94.2 Å². The fraction of sp³-hybridized carbons (Fsp3) is 0.250. The first-order valence-corrected chi connectivity index (χ1v) is 11.2. The van der Waals surface area contributed by atoms with Gasteiger partial charge in [-0.25, -0.2) is 9.78 Å². The molecule has 0 saturated carbocycles. The molecule has 0 spiro atoms. The number of phenolic OH excluding ortho intramolecular Hbond substituents is 1. The van der Waals surface area contributed by atoms with Crippen LogP contribution < -0.4 is 4.74 Å². The fourth-order valence-corrected chi connectivity index (χ4v) is 3.76. The molecular weight excluding hydrogens is 444 g/mol. The third-order valence-electron chi connectivity index (χ3n) is 5.82. The first kappa shape index (κ1) is 24.0. The molecule has 4 rings (SSSR count). The molecule has 0 aliphatic carbocycles. The Morgan fingerprint density at radius 2 is 1.89 bits per heavy atom. The molecule has 0 unspecified atom stereocenters. The predicted molar refractivity (Wildman–Crippen MR) is 136 cm³/mol. The maximum Gasteiger partial charge on any atom is 0.340 e. The Morgan fingerprint density at radius 1 is 1.11 bits per heavy atom. The molecule has 35 heavy (non-hydrogen) atoms. The number of hydrogen-bond acceptors (Lipinski definition) is 7. The van der Waals surface area contributed by atoms with Crippen molar-refractivity contribution >= 4 is 29.0 Å². The van der Waals surface area contributed by atoms with Gasteiger partial charge in [0.2, 0.25) is 5.89 Å². The van der Waals surface area contributed by atoms with E-state index in [0.29, 0.717) is 22.8 Å². The summed E-state index contributed by atoms with van der Waals surface area (Å²) in [5, 5.41) is 10.2. The third kappa shape index (κ3) is 4.75. The zero-order valence-corrected chi connectivity index (χ0v) is 20.7. The first-order chi connectivity index (χ1) is 16.6. The van der Waals surface area contributed by atoms with Gasteiger partial charge in [-0.3, -0.25) is 4.99 Å². The number of carbonyl (C=O) groups excluding carboxylic acids is 1. The lowest BCUT2D eigenvalue weighted by Crippen LogP contribution is -2.10. The minimum atomic E-state index is -0.580. The highest BCUT2D eigenvalue weighted by Crippen LogP contribution is 2.36. The van der Waals surface area contributed by atoms with Gasteiger partial charge in [-0.15, -0.1) is 0 Å². The number of aryl methyl sites for hydroxylation is 1. The Hall–Kier alpha value is -4.13.